The van der Waals surface area contributed by atoms with E-state index in [4.69, 9.17) is 4.42 Å². The summed E-state index contributed by atoms with van der Waals surface area (Å²) in [7, 11) is 0. The summed E-state index contributed by atoms with van der Waals surface area (Å²) in [6.45, 7) is 3.89. The minimum atomic E-state index is 0.324. The smallest absolute Gasteiger partial charge is 0.251 e. The van der Waals surface area contributed by atoms with Crippen LogP contribution in [0.4, 0.5) is 0 Å². The van der Waals surface area contributed by atoms with Gasteiger partial charge < -0.3 is 9.73 Å². The van der Waals surface area contributed by atoms with E-state index in [0.29, 0.717) is 17.7 Å². The molecule has 1 aliphatic rings. The summed E-state index contributed by atoms with van der Waals surface area (Å²) in [4.78, 5) is 8.12. The molecule has 6 nitrogen and oxygen atoms in total. The van der Waals surface area contributed by atoms with Crippen molar-refractivity contribution in [3.63, 3.8) is 0 Å². The van der Waals surface area contributed by atoms with Crippen molar-refractivity contribution in [1.29, 1.82) is 0 Å². The van der Waals surface area contributed by atoms with Gasteiger partial charge in [0.15, 0.2) is 0 Å². The minimum absolute atomic E-state index is 0.324. The number of aryl methyl sites for hydroxylation is 1. The molecular formula is C12H15N5O. The number of hydrogen-bond acceptors (Lipinski definition) is 6. The van der Waals surface area contributed by atoms with Gasteiger partial charge in [-0.3, -0.25) is 0 Å². The second-order valence-corrected chi connectivity index (χ2v) is 4.51. The van der Waals surface area contributed by atoms with Crippen molar-refractivity contribution in [3.8, 4) is 11.5 Å². The van der Waals surface area contributed by atoms with Crippen LogP contribution in [0.1, 0.15) is 30.3 Å². The van der Waals surface area contributed by atoms with Crippen LogP contribution in [0.15, 0.2) is 16.9 Å². The third kappa shape index (κ3) is 2.11. The van der Waals surface area contributed by atoms with Gasteiger partial charge in [-0.05, 0) is 26.3 Å². The highest BCUT2D eigenvalue weighted by atomic mass is 16.4. The Kier molecular flexibility index (Phi) is 3.02. The maximum absolute atomic E-state index is 5.75. The van der Waals surface area contributed by atoms with E-state index in [1.807, 2.05) is 6.92 Å². The summed E-state index contributed by atoms with van der Waals surface area (Å²) >= 11 is 0. The maximum atomic E-state index is 5.75. The van der Waals surface area contributed by atoms with Crippen molar-refractivity contribution in [1.82, 2.24) is 25.5 Å². The van der Waals surface area contributed by atoms with Crippen molar-refractivity contribution >= 4 is 0 Å². The van der Waals surface area contributed by atoms with Crippen molar-refractivity contribution in [2.75, 3.05) is 13.1 Å². The fourth-order valence-electron chi connectivity index (χ4n) is 2.17. The van der Waals surface area contributed by atoms with Gasteiger partial charge in [-0.15, -0.1) is 10.2 Å². The average molecular weight is 245 g/mol. The topological polar surface area (TPSA) is 76.7 Å². The van der Waals surface area contributed by atoms with Crippen LogP contribution in [0.5, 0.6) is 0 Å². The molecule has 3 rings (SSSR count). The first-order valence-electron chi connectivity index (χ1n) is 6.15. The van der Waals surface area contributed by atoms with Crippen LogP contribution in [0.2, 0.25) is 0 Å². The summed E-state index contributed by atoms with van der Waals surface area (Å²) in [5.74, 6) is 1.54. The van der Waals surface area contributed by atoms with Crippen LogP contribution in [0.25, 0.3) is 11.5 Å². The first-order valence-corrected chi connectivity index (χ1v) is 6.15. The number of nitrogens with one attached hydrogen (secondary N) is 1. The zero-order chi connectivity index (χ0) is 12.4. The second-order valence-electron chi connectivity index (χ2n) is 4.51. The van der Waals surface area contributed by atoms with Crippen molar-refractivity contribution in [2.45, 2.75) is 25.7 Å². The quantitative estimate of drug-likeness (QED) is 0.859. The molecule has 0 aliphatic carbocycles. The summed E-state index contributed by atoms with van der Waals surface area (Å²) in [5.41, 5.74) is 1.65. The highest BCUT2D eigenvalue weighted by Gasteiger charge is 2.22. The lowest BCUT2D eigenvalue weighted by atomic mass is 10.00. The Labute approximate surface area is 105 Å². The summed E-state index contributed by atoms with van der Waals surface area (Å²) in [6.07, 6.45) is 5.47. The molecule has 0 amide bonds. The van der Waals surface area contributed by atoms with Crippen LogP contribution < -0.4 is 5.32 Å². The van der Waals surface area contributed by atoms with E-state index in [0.717, 1.165) is 37.2 Å². The first kappa shape index (κ1) is 11.3. The molecule has 1 fully saturated rings. The fourth-order valence-corrected chi connectivity index (χ4v) is 2.17. The lowest BCUT2D eigenvalue weighted by Gasteiger charge is -2.18. The van der Waals surface area contributed by atoms with Crippen molar-refractivity contribution < 1.29 is 4.42 Å². The van der Waals surface area contributed by atoms with Crippen molar-refractivity contribution in [2.24, 2.45) is 0 Å². The molecule has 0 aromatic carbocycles. The number of nitrogens with zero attached hydrogens (tertiary/aromatic N) is 4. The lowest BCUT2D eigenvalue weighted by molar-refractivity contribution is 0.380. The first-order chi connectivity index (χ1) is 8.84. The van der Waals surface area contributed by atoms with E-state index in [-0.39, 0.29) is 0 Å². The van der Waals surface area contributed by atoms with E-state index in [2.05, 4.69) is 25.5 Å². The molecule has 0 saturated carbocycles. The van der Waals surface area contributed by atoms with Gasteiger partial charge in [0.05, 0.1) is 11.3 Å². The van der Waals surface area contributed by atoms with Gasteiger partial charge >= 0.3 is 0 Å². The molecule has 1 saturated heterocycles. The second kappa shape index (κ2) is 4.81. The monoisotopic (exact) mass is 245 g/mol. The van der Waals surface area contributed by atoms with Gasteiger partial charge in [-0.25, -0.2) is 9.97 Å². The molecule has 2 aromatic heterocycles. The molecule has 0 radical (unpaired) electrons. The van der Waals surface area contributed by atoms with Crippen LogP contribution in [-0.4, -0.2) is 33.3 Å². The Hall–Kier alpha value is -1.82. The number of rotatable bonds is 2. The normalized spacial score (nSPS) is 19.9. The number of aromatic nitrogens is 4. The standard InChI is InChI=1S/C12H15N5O/c1-8-10(6-14-7-15-8)12-17-16-11(18-12)9-3-2-4-13-5-9/h6-7,9,13H,2-5H2,1H3/t9-/m1/s1. The van der Waals surface area contributed by atoms with Crippen LogP contribution in [0.3, 0.4) is 0 Å². The van der Waals surface area contributed by atoms with Gasteiger partial charge in [0, 0.05) is 18.7 Å². The zero-order valence-electron chi connectivity index (χ0n) is 10.3. The highest BCUT2D eigenvalue weighted by molar-refractivity contribution is 5.53. The van der Waals surface area contributed by atoms with Gasteiger partial charge in [0.2, 0.25) is 5.89 Å². The predicted octanol–water partition coefficient (Wildman–Crippen LogP) is 1.30. The third-order valence-electron chi connectivity index (χ3n) is 3.23. The van der Waals surface area contributed by atoms with Crippen LogP contribution in [0, 0.1) is 6.92 Å². The highest BCUT2D eigenvalue weighted by Crippen LogP contribution is 2.26. The third-order valence-corrected chi connectivity index (χ3v) is 3.23. The molecule has 94 valence electrons. The molecule has 0 bridgehead atoms. The number of hydrogen-bond donors (Lipinski definition) is 1. The Balaban J connectivity index is 1.87. The molecule has 0 spiro atoms. The zero-order valence-corrected chi connectivity index (χ0v) is 10.3. The Morgan fingerprint density at radius 1 is 1.39 bits per heavy atom. The SMILES string of the molecule is Cc1ncncc1-c1nnc([C@@H]2CCCNC2)o1. The molecule has 18 heavy (non-hydrogen) atoms. The minimum Gasteiger partial charge on any atom is -0.420 e. The summed E-state index contributed by atoms with van der Waals surface area (Å²) < 4.78 is 5.75. The maximum Gasteiger partial charge on any atom is 0.251 e. The van der Waals surface area contributed by atoms with E-state index in [1.54, 1.807) is 6.20 Å². The van der Waals surface area contributed by atoms with Gasteiger partial charge in [0.1, 0.15) is 6.33 Å². The molecule has 6 heteroatoms. The molecule has 2 aromatic rings. The van der Waals surface area contributed by atoms with E-state index >= 15 is 0 Å². The van der Waals surface area contributed by atoms with Gasteiger partial charge in [-0.2, -0.15) is 0 Å². The van der Waals surface area contributed by atoms with Gasteiger partial charge in [0.25, 0.3) is 5.89 Å². The molecule has 3 heterocycles. The molecule has 1 aliphatic heterocycles. The largest absolute Gasteiger partial charge is 0.420 e. The Bertz CT molecular complexity index is 533. The fraction of sp³-hybridized carbons (Fsp3) is 0.500. The number of piperidine rings is 1. The van der Waals surface area contributed by atoms with E-state index in [9.17, 15) is 0 Å². The molecular weight excluding hydrogens is 230 g/mol. The Morgan fingerprint density at radius 3 is 3.11 bits per heavy atom. The van der Waals surface area contributed by atoms with Gasteiger partial charge in [-0.1, -0.05) is 0 Å². The average Bonchev–Trinajstić information content (AvgIpc) is 2.90. The summed E-state index contributed by atoms with van der Waals surface area (Å²) in [5, 5.41) is 11.6. The van der Waals surface area contributed by atoms with E-state index in [1.165, 1.54) is 6.33 Å². The molecule has 0 unspecified atom stereocenters. The van der Waals surface area contributed by atoms with Crippen molar-refractivity contribution in [3.05, 3.63) is 24.1 Å². The van der Waals surface area contributed by atoms with Crippen LogP contribution in [-0.2, 0) is 0 Å². The predicted molar refractivity (Wildman–Crippen MR) is 64.9 cm³/mol. The molecule has 1 atom stereocenters. The van der Waals surface area contributed by atoms with E-state index < -0.39 is 0 Å². The lowest BCUT2D eigenvalue weighted by Crippen LogP contribution is -2.28. The Morgan fingerprint density at radius 2 is 2.33 bits per heavy atom. The summed E-state index contributed by atoms with van der Waals surface area (Å²) in [6, 6.07) is 0. The van der Waals surface area contributed by atoms with Crippen LogP contribution >= 0.6 is 0 Å². The molecule has 1 N–H and O–H groups in total.